The largest absolute Gasteiger partial charge is 0.377 e. The number of nitrogens with one attached hydrogen (secondary N) is 2. The van der Waals surface area contributed by atoms with Crippen LogP contribution in [0.15, 0.2) is 53.4 Å². The van der Waals surface area contributed by atoms with Crippen LogP contribution in [0, 0.1) is 12.8 Å². The first kappa shape index (κ1) is 22.4. The van der Waals surface area contributed by atoms with Crippen molar-refractivity contribution in [2.75, 3.05) is 29.9 Å². The van der Waals surface area contributed by atoms with E-state index in [2.05, 4.69) is 10.0 Å². The summed E-state index contributed by atoms with van der Waals surface area (Å²) >= 11 is 0. The Kier molecular flexibility index (Phi) is 6.59. The summed E-state index contributed by atoms with van der Waals surface area (Å²) in [6.45, 7) is 3.15. The molecular weight excluding hydrogens is 430 g/mol. The highest BCUT2D eigenvalue weighted by Gasteiger charge is 2.35. The number of rotatable bonds is 7. The fourth-order valence-corrected chi connectivity index (χ4v) is 5.10. The van der Waals surface area contributed by atoms with Gasteiger partial charge in [-0.3, -0.25) is 9.59 Å². The number of hydrogen-bond acceptors (Lipinski definition) is 5. The second kappa shape index (κ2) is 9.40. The molecule has 0 spiro atoms. The summed E-state index contributed by atoms with van der Waals surface area (Å²) in [5.41, 5.74) is 2.28. The van der Waals surface area contributed by atoms with Gasteiger partial charge in [0.05, 0.1) is 16.9 Å². The molecule has 0 aliphatic carbocycles. The smallest absolute Gasteiger partial charge is 0.240 e. The third-order valence-electron chi connectivity index (χ3n) is 5.86. The Hall–Kier alpha value is -2.75. The molecule has 0 bridgehead atoms. The molecule has 170 valence electrons. The molecule has 0 unspecified atom stereocenters. The van der Waals surface area contributed by atoms with Crippen LogP contribution in [0.3, 0.4) is 0 Å². The van der Waals surface area contributed by atoms with Crippen molar-refractivity contribution in [1.29, 1.82) is 0 Å². The zero-order chi connectivity index (χ0) is 22.7. The van der Waals surface area contributed by atoms with E-state index in [1.807, 2.05) is 31.2 Å². The lowest BCUT2D eigenvalue weighted by atomic mass is 10.1. The molecule has 2 heterocycles. The van der Waals surface area contributed by atoms with Gasteiger partial charge in [-0.1, -0.05) is 18.2 Å². The summed E-state index contributed by atoms with van der Waals surface area (Å²) in [6, 6.07) is 13.6. The summed E-state index contributed by atoms with van der Waals surface area (Å²) in [5, 5.41) is 2.79. The topological polar surface area (TPSA) is 105 Å². The highest BCUT2D eigenvalue weighted by molar-refractivity contribution is 7.89. The third-order valence-corrected chi connectivity index (χ3v) is 7.30. The normalized spacial score (nSPS) is 21.2. The van der Waals surface area contributed by atoms with Crippen LogP contribution in [0.2, 0.25) is 0 Å². The number of carbonyl (C=O) groups is 2. The summed E-state index contributed by atoms with van der Waals surface area (Å²) in [4.78, 5) is 27.0. The van der Waals surface area contributed by atoms with Gasteiger partial charge in [0.25, 0.3) is 0 Å². The van der Waals surface area contributed by atoms with E-state index in [4.69, 9.17) is 4.74 Å². The van der Waals surface area contributed by atoms with Crippen molar-refractivity contribution in [3.63, 3.8) is 0 Å². The van der Waals surface area contributed by atoms with Crippen LogP contribution in [0.1, 0.15) is 24.8 Å². The van der Waals surface area contributed by atoms with Gasteiger partial charge in [0.2, 0.25) is 21.8 Å². The molecule has 2 aromatic rings. The number of anilines is 2. The third kappa shape index (κ3) is 5.01. The van der Waals surface area contributed by atoms with Gasteiger partial charge in [-0.2, -0.15) is 0 Å². The first-order valence-electron chi connectivity index (χ1n) is 10.7. The second-order valence-corrected chi connectivity index (χ2v) is 9.96. The maximum Gasteiger partial charge on any atom is 0.240 e. The fraction of sp³-hybridized carbons (Fsp3) is 0.391. The van der Waals surface area contributed by atoms with Crippen molar-refractivity contribution in [2.24, 2.45) is 5.92 Å². The van der Waals surface area contributed by atoms with Gasteiger partial charge in [-0.25, -0.2) is 13.1 Å². The minimum Gasteiger partial charge on any atom is -0.377 e. The molecule has 32 heavy (non-hydrogen) atoms. The predicted octanol–water partition coefficient (Wildman–Crippen LogP) is 2.44. The Morgan fingerprint density at radius 3 is 2.59 bits per heavy atom. The van der Waals surface area contributed by atoms with Gasteiger partial charge in [0.1, 0.15) is 0 Å². The SMILES string of the molecule is Cc1ccccc1N1C[C@H](C(=O)Nc2ccc(S(=O)(=O)NC[C@@H]3CCCO3)cc2)CC1=O. The number of sulfonamides is 1. The molecule has 2 aliphatic rings. The Bertz CT molecular complexity index is 1090. The molecule has 2 N–H and O–H groups in total. The Morgan fingerprint density at radius 2 is 1.91 bits per heavy atom. The van der Waals surface area contributed by atoms with Crippen LogP contribution >= 0.6 is 0 Å². The van der Waals surface area contributed by atoms with Gasteiger partial charge in [0.15, 0.2) is 0 Å². The molecule has 2 aromatic carbocycles. The van der Waals surface area contributed by atoms with E-state index in [1.54, 1.807) is 17.0 Å². The summed E-state index contributed by atoms with van der Waals surface area (Å²) < 4.78 is 33.0. The Morgan fingerprint density at radius 1 is 1.16 bits per heavy atom. The lowest BCUT2D eigenvalue weighted by Crippen LogP contribution is -2.31. The zero-order valence-corrected chi connectivity index (χ0v) is 18.7. The van der Waals surface area contributed by atoms with E-state index in [-0.39, 0.29) is 35.8 Å². The molecule has 9 heteroatoms. The molecule has 2 fully saturated rings. The number of nitrogens with zero attached hydrogens (tertiary/aromatic N) is 1. The second-order valence-electron chi connectivity index (χ2n) is 8.19. The summed E-state index contributed by atoms with van der Waals surface area (Å²) in [5.74, 6) is -0.821. The maximum atomic E-state index is 12.7. The lowest BCUT2D eigenvalue weighted by Gasteiger charge is -2.19. The molecule has 2 amide bonds. The van der Waals surface area contributed by atoms with Crippen LogP contribution in [0.25, 0.3) is 0 Å². The number of amides is 2. The van der Waals surface area contributed by atoms with Crippen LogP contribution in [0.4, 0.5) is 11.4 Å². The van der Waals surface area contributed by atoms with Gasteiger partial charge >= 0.3 is 0 Å². The highest BCUT2D eigenvalue weighted by atomic mass is 32.2. The van der Waals surface area contributed by atoms with Crippen molar-refractivity contribution in [2.45, 2.75) is 37.2 Å². The maximum absolute atomic E-state index is 12.7. The van der Waals surface area contributed by atoms with Crippen molar-refractivity contribution >= 4 is 33.2 Å². The van der Waals surface area contributed by atoms with E-state index < -0.39 is 15.9 Å². The molecule has 4 rings (SSSR count). The molecule has 2 saturated heterocycles. The van der Waals surface area contributed by atoms with Crippen molar-refractivity contribution in [3.05, 3.63) is 54.1 Å². The summed E-state index contributed by atoms with van der Waals surface area (Å²) in [7, 11) is -3.65. The molecule has 2 atom stereocenters. The lowest BCUT2D eigenvalue weighted by molar-refractivity contribution is -0.122. The zero-order valence-electron chi connectivity index (χ0n) is 17.9. The predicted molar refractivity (Wildman–Crippen MR) is 121 cm³/mol. The number of hydrogen-bond donors (Lipinski definition) is 2. The van der Waals surface area contributed by atoms with E-state index in [0.29, 0.717) is 18.8 Å². The standard InChI is InChI=1S/C23H27N3O5S/c1-16-5-2-3-7-21(16)26-15-17(13-22(26)27)23(28)25-18-8-10-20(11-9-18)32(29,30)24-14-19-6-4-12-31-19/h2-3,5,7-11,17,19,24H,4,6,12-15H2,1H3,(H,25,28)/t17-,19+/m1/s1. The number of ether oxygens (including phenoxy) is 1. The first-order valence-corrected chi connectivity index (χ1v) is 12.2. The van der Waals surface area contributed by atoms with Gasteiger partial charge in [-0.15, -0.1) is 0 Å². The van der Waals surface area contributed by atoms with Gasteiger partial charge < -0.3 is 15.0 Å². The summed E-state index contributed by atoms with van der Waals surface area (Å²) in [6.07, 6.45) is 1.84. The van der Waals surface area contributed by atoms with E-state index in [0.717, 1.165) is 24.1 Å². The minimum atomic E-state index is -3.65. The monoisotopic (exact) mass is 457 g/mol. The molecule has 2 aliphatic heterocycles. The minimum absolute atomic E-state index is 0.0850. The van der Waals surface area contributed by atoms with Crippen LogP contribution in [-0.2, 0) is 24.3 Å². The van der Waals surface area contributed by atoms with E-state index in [1.165, 1.54) is 12.1 Å². The molecule has 8 nitrogen and oxygen atoms in total. The van der Waals surface area contributed by atoms with Crippen molar-refractivity contribution < 1.29 is 22.7 Å². The Labute approximate surface area is 188 Å². The quantitative estimate of drug-likeness (QED) is 0.665. The highest BCUT2D eigenvalue weighted by Crippen LogP contribution is 2.28. The Balaban J connectivity index is 1.35. The molecule has 0 radical (unpaired) electrons. The number of para-hydroxylation sites is 1. The number of benzene rings is 2. The van der Waals surface area contributed by atoms with Gasteiger partial charge in [-0.05, 0) is 55.7 Å². The average molecular weight is 458 g/mol. The fourth-order valence-electron chi connectivity index (χ4n) is 4.04. The number of aryl methyl sites for hydroxylation is 1. The van der Waals surface area contributed by atoms with Crippen LogP contribution < -0.4 is 14.9 Å². The molecule has 0 aromatic heterocycles. The van der Waals surface area contributed by atoms with Crippen molar-refractivity contribution in [3.8, 4) is 0 Å². The van der Waals surface area contributed by atoms with E-state index in [9.17, 15) is 18.0 Å². The molecule has 0 saturated carbocycles. The van der Waals surface area contributed by atoms with Crippen molar-refractivity contribution in [1.82, 2.24) is 4.72 Å². The first-order chi connectivity index (χ1) is 15.3. The van der Waals surface area contributed by atoms with E-state index >= 15 is 0 Å². The van der Waals surface area contributed by atoms with Crippen LogP contribution in [0.5, 0.6) is 0 Å². The average Bonchev–Trinajstić information content (AvgIpc) is 3.43. The number of carbonyl (C=O) groups excluding carboxylic acids is 2. The molecular formula is C23H27N3O5S. The van der Waals surface area contributed by atoms with Gasteiger partial charge in [0, 0.05) is 37.5 Å². The van der Waals surface area contributed by atoms with Crippen LogP contribution in [-0.4, -0.2) is 46.0 Å².